The molecule has 1 aromatic carbocycles. The Hall–Kier alpha value is -2.55. The number of aryl methyl sites for hydroxylation is 1. The van der Waals surface area contributed by atoms with Crippen LogP contribution in [-0.2, 0) is 16.0 Å². The lowest BCUT2D eigenvalue weighted by Gasteiger charge is -2.08. The van der Waals surface area contributed by atoms with Crippen LogP contribution in [0.3, 0.4) is 0 Å². The van der Waals surface area contributed by atoms with Crippen molar-refractivity contribution < 1.29 is 14.3 Å². The van der Waals surface area contributed by atoms with Crippen molar-refractivity contribution in [3.63, 3.8) is 0 Å². The van der Waals surface area contributed by atoms with Crippen LogP contribution in [0.1, 0.15) is 55.7 Å². The van der Waals surface area contributed by atoms with E-state index < -0.39 is 5.97 Å². The lowest BCUT2D eigenvalue weighted by molar-refractivity contribution is -0.113. The Bertz CT molecular complexity index is 794. The van der Waals surface area contributed by atoms with E-state index in [9.17, 15) is 9.59 Å². The van der Waals surface area contributed by atoms with Gasteiger partial charge in [0.25, 0.3) is 0 Å². The van der Waals surface area contributed by atoms with Gasteiger partial charge in [-0.1, -0.05) is 44.5 Å². The number of ether oxygens (including phenoxy) is 1. The van der Waals surface area contributed by atoms with E-state index in [0.717, 1.165) is 32.1 Å². The highest BCUT2D eigenvalue weighted by atomic mass is 32.2. The van der Waals surface area contributed by atoms with Crippen LogP contribution in [0.4, 0.5) is 5.69 Å². The highest BCUT2D eigenvalue weighted by Crippen LogP contribution is 2.17. The summed E-state index contributed by atoms with van der Waals surface area (Å²) in [6.45, 7) is 4.51. The normalized spacial score (nSPS) is 10.6. The van der Waals surface area contributed by atoms with Crippen molar-refractivity contribution >= 4 is 29.3 Å². The third-order valence-corrected chi connectivity index (χ3v) is 4.88. The van der Waals surface area contributed by atoms with E-state index in [1.165, 1.54) is 16.4 Å². The average molecular weight is 406 g/mol. The van der Waals surface area contributed by atoms with Crippen molar-refractivity contribution in [1.29, 1.82) is 0 Å². The monoisotopic (exact) mass is 405 g/mol. The summed E-state index contributed by atoms with van der Waals surface area (Å²) in [4.78, 5) is 24.2. The molecule has 28 heavy (non-hydrogen) atoms. The van der Waals surface area contributed by atoms with Crippen LogP contribution in [0.2, 0.25) is 0 Å². The Labute approximate surface area is 169 Å². The van der Waals surface area contributed by atoms with Gasteiger partial charge in [0.2, 0.25) is 11.1 Å². The average Bonchev–Trinajstić information content (AvgIpc) is 3.04. The fraction of sp³-hybridized carbons (Fsp3) is 0.474. The van der Waals surface area contributed by atoms with Gasteiger partial charge >= 0.3 is 5.97 Å². The van der Waals surface area contributed by atoms with Crippen LogP contribution in [0.15, 0.2) is 29.4 Å². The van der Waals surface area contributed by atoms with Crippen LogP contribution in [0.25, 0.3) is 0 Å². The van der Waals surface area contributed by atoms with Gasteiger partial charge in [-0.2, -0.15) is 0 Å². The molecule has 1 amide bonds. The lowest BCUT2D eigenvalue weighted by atomic mass is 10.2. The fourth-order valence-corrected chi connectivity index (χ4v) is 3.03. The Balaban J connectivity index is 1.87. The first-order valence-corrected chi connectivity index (χ1v) is 10.4. The van der Waals surface area contributed by atoms with Crippen molar-refractivity contribution in [2.24, 2.45) is 0 Å². The highest BCUT2D eigenvalue weighted by molar-refractivity contribution is 7.99. The molecule has 1 heterocycles. The SMILES string of the molecule is CCCCOC(=O)c1cccc(NC(=O)CSc2nnc(CCCC)n2N)c1. The van der Waals surface area contributed by atoms with Crippen molar-refractivity contribution in [3.8, 4) is 0 Å². The predicted octanol–water partition coefficient (Wildman–Crippen LogP) is 3.02. The number of nitrogens with one attached hydrogen (secondary N) is 1. The number of hydrogen-bond acceptors (Lipinski definition) is 7. The topological polar surface area (TPSA) is 112 Å². The highest BCUT2D eigenvalue weighted by Gasteiger charge is 2.13. The number of amides is 1. The van der Waals surface area contributed by atoms with E-state index in [1.54, 1.807) is 24.3 Å². The molecule has 0 aliphatic carbocycles. The lowest BCUT2D eigenvalue weighted by Crippen LogP contribution is -2.17. The number of anilines is 1. The van der Waals surface area contributed by atoms with E-state index in [-0.39, 0.29) is 11.7 Å². The number of aromatic nitrogens is 3. The fourth-order valence-electron chi connectivity index (χ4n) is 2.35. The minimum atomic E-state index is -0.394. The molecule has 3 N–H and O–H groups in total. The molecule has 0 unspecified atom stereocenters. The van der Waals surface area contributed by atoms with Crippen LogP contribution < -0.4 is 11.2 Å². The van der Waals surface area contributed by atoms with Crippen LogP contribution in [0, 0.1) is 0 Å². The van der Waals surface area contributed by atoms with E-state index in [2.05, 4.69) is 22.4 Å². The number of nitrogens with zero attached hydrogens (tertiary/aromatic N) is 3. The molecule has 0 saturated carbocycles. The molecule has 1 aromatic heterocycles. The molecule has 152 valence electrons. The molecule has 0 fully saturated rings. The van der Waals surface area contributed by atoms with Crippen molar-refractivity contribution in [2.75, 3.05) is 23.5 Å². The maximum Gasteiger partial charge on any atom is 0.338 e. The Morgan fingerprint density at radius 2 is 2.00 bits per heavy atom. The predicted molar refractivity (Wildman–Crippen MR) is 110 cm³/mol. The number of esters is 1. The molecular formula is C19H27N5O3S. The van der Waals surface area contributed by atoms with Crippen molar-refractivity contribution in [1.82, 2.24) is 14.9 Å². The zero-order valence-electron chi connectivity index (χ0n) is 16.3. The van der Waals surface area contributed by atoms with E-state index in [1.807, 2.05) is 6.92 Å². The molecule has 9 heteroatoms. The first-order valence-electron chi connectivity index (χ1n) is 9.44. The van der Waals surface area contributed by atoms with Crippen molar-refractivity contribution in [3.05, 3.63) is 35.7 Å². The summed E-state index contributed by atoms with van der Waals surface area (Å²) in [5.74, 6) is 6.20. The van der Waals surface area contributed by atoms with Crippen LogP contribution in [-0.4, -0.2) is 39.1 Å². The molecule has 2 aromatic rings. The number of benzene rings is 1. The zero-order valence-corrected chi connectivity index (χ0v) is 17.1. The Morgan fingerprint density at radius 3 is 2.75 bits per heavy atom. The van der Waals surface area contributed by atoms with Gasteiger partial charge in [0, 0.05) is 12.1 Å². The minimum Gasteiger partial charge on any atom is -0.462 e. The molecule has 8 nitrogen and oxygen atoms in total. The molecule has 0 bridgehead atoms. The van der Waals surface area contributed by atoms with E-state index in [0.29, 0.717) is 28.8 Å². The van der Waals surface area contributed by atoms with Gasteiger partial charge in [-0.05, 0) is 31.0 Å². The van der Waals surface area contributed by atoms with Gasteiger partial charge in [-0.15, -0.1) is 10.2 Å². The largest absolute Gasteiger partial charge is 0.462 e. The maximum atomic E-state index is 12.2. The van der Waals surface area contributed by atoms with Gasteiger partial charge in [-0.3, -0.25) is 4.79 Å². The number of nitrogens with two attached hydrogens (primary N) is 1. The maximum absolute atomic E-state index is 12.2. The second kappa shape index (κ2) is 11.3. The molecule has 2 rings (SSSR count). The van der Waals surface area contributed by atoms with Crippen LogP contribution in [0.5, 0.6) is 0 Å². The van der Waals surface area contributed by atoms with Crippen LogP contribution >= 0.6 is 11.8 Å². The quantitative estimate of drug-likeness (QED) is 0.256. The van der Waals surface area contributed by atoms with Gasteiger partial charge < -0.3 is 15.9 Å². The number of thioether (sulfide) groups is 1. The number of unbranched alkanes of at least 4 members (excludes halogenated alkanes) is 2. The van der Waals surface area contributed by atoms with Gasteiger partial charge in [0.05, 0.1) is 17.9 Å². The summed E-state index contributed by atoms with van der Waals surface area (Å²) in [6.07, 6.45) is 4.57. The summed E-state index contributed by atoms with van der Waals surface area (Å²) >= 11 is 1.21. The molecule has 0 aliphatic heterocycles. The third-order valence-electron chi connectivity index (χ3n) is 3.93. The number of nitrogen functional groups attached to an aromatic ring is 1. The number of hydrogen-bond donors (Lipinski definition) is 2. The van der Waals surface area contributed by atoms with Gasteiger partial charge in [-0.25, -0.2) is 9.47 Å². The molecule has 0 aliphatic rings. The Morgan fingerprint density at radius 1 is 1.21 bits per heavy atom. The summed E-state index contributed by atoms with van der Waals surface area (Å²) in [5, 5.41) is 11.4. The zero-order chi connectivity index (χ0) is 20.4. The molecule has 0 saturated heterocycles. The van der Waals surface area contributed by atoms with Crippen molar-refractivity contribution in [2.45, 2.75) is 51.1 Å². The molecule has 0 spiro atoms. The standard InChI is InChI=1S/C19H27N5O3S/c1-3-5-10-16-22-23-19(24(16)20)28-13-17(25)21-15-9-7-8-14(12-15)18(26)27-11-6-4-2/h7-9,12H,3-6,10-11,13,20H2,1-2H3,(H,21,25). The third kappa shape index (κ3) is 6.56. The second-order valence-electron chi connectivity index (χ2n) is 6.28. The summed E-state index contributed by atoms with van der Waals surface area (Å²) in [5.41, 5.74) is 0.942. The number of carbonyl (C=O) groups is 2. The minimum absolute atomic E-state index is 0.133. The second-order valence-corrected chi connectivity index (χ2v) is 7.22. The summed E-state index contributed by atoms with van der Waals surface area (Å²) < 4.78 is 6.62. The first kappa shape index (κ1) is 21.7. The summed E-state index contributed by atoms with van der Waals surface area (Å²) in [6, 6.07) is 6.69. The van der Waals surface area contributed by atoms with E-state index in [4.69, 9.17) is 10.6 Å². The number of carbonyl (C=O) groups excluding carboxylic acids is 2. The smallest absolute Gasteiger partial charge is 0.338 e. The Kier molecular flexibility index (Phi) is 8.80. The van der Waals surface area contributed by atoms with E-state index >= 15 is 0 Å². The molecule has 0 radical (unpaired) electrons. The first-order chi connectivity index (χ1) is 13.5. The molecule has 0 atom stereocenters. The van der Waals surface area contributed by atoms with Gasteiger partial charge in [0.1, 0.15) is 0 Å². The summed E-state index contributed by atoms with van der Waals surface area (Å²) in [7, 11) is 0. The van der Waals surface area contributed by atoms with Gasteiger partial charge in [0.15, 0.2) is 5.82 Å². The number of rotatable bonds is 11. The molecular weight excluding hydrogens is 378 g/mol.